The normalized spacial score (nSPS) is 14.7. The molecule has 0 aliphatic carbocycles. The maximum atomic E-state index is 11.3. The van der Waals surface area contributed by atoms with E-state index >= 15 is 0 Å². The molecule has 2 aromatic carbocycles. The van der Waals surface area contributed by atoms with Gasteiger partial charge in [-0.2, -0.15) is 0 Å². The Labute approximate surface area is 156 Å². The van der Waals surface area contributed by atoms with Crippen LogP contribution in [0.5, 0.6) is 0 Å². The van der Waals surface area contributed by atoms with Gasteiger partial charge < -0.3 is 15.3 Å². The number of carbonyl (C=O) groups is 1. The number of aromatic nitrogens is 2. The lowest BCUT2D eigenvalue weighted by atomic mass is 10.0. The Morgan fingerprint density at radius 2 is 2.04 bits per heavy atom. The van der Waals surface area contributed by atoms with Crippen LogP contribution in [0.2, 0.25) is 0 Å². The van der Waals surface area contributed by atoms with Crippen LogP contribution in [0.1, 0.15) is 16.7 Å². The number of hydrogen-bond acceptors (Lipinski definition) is 5. The van der Waals surface area contributed by atoms with E-state index in [1.54, 1.807) is 12.4 Å². The molecule has 27 heavy (non-hydrogen) atoms. The van der Waals surface area contributed by atoms with Gasteiger partial charge in [0, 0.05) is 29.9 Å². The predicted molar refractivity (Wildman–Crippen MR) is 106 cm³/mol. The first-order valence-corrected chi connectivity index (χ1v) is 8.96. The molecular weight excluding hydrogens is 340 g/mol. The van der Waals surface area contributed by atoms with E-state index in [-0.39, 0.29) is 5.57 Å². The molecule has 3 heterocycles. The molecule has 0 atom stereocenters. The van der Waals surface area contributed by atoms with Crippen molar-refractivity contribution in [1.29, 1.82) is 0 Å². The molecule has 5 rings (SSSR count). The molecule has 1 aromatic heterocycles. The Morgan fingerprint density at radius 1 is 1.15 bits per heavy atom. The lowest BCUT2D eigenvalue weighted by Crippen LogP contribution is -2.15. The standard InChI is InChI=1S/C21H18N4O2/c1-12(21(26)27)13-2-3-17-16(8-13)20(24-11-23-17)25-7-5-15-9-18-14(4-6-22-18)10-19(15)25/h2-3,8-11,22H,1,4-7H2,(H,26,27). The molecule has 0 bridgehead atoms. The second-order valence-corrected chi connectivity index (χ2v) is 6.93. The zero-order chi connectivity index (χ0) is 18.5. The SMILES string of the molecule is C=C(C(=O)O)c1ccc2ncnc(N3CCc4cc5c(cc43)CCN5)c2c1. The van der Waals surface area contributed by atoms with E-state index in [9.17, 15) is 9.90 Å². The molecule has 0 saturated carbocycles. The summed E-state index contributed by atoms with van der Waals surface area (Å²) in [5.74, 6) is -0.216. The molecule has 134 valence electrons. The molecule has 0 amide bonds. The lowest BCUT2D eigenvalue weighted by Gasteiger charge is -2.21. The first-order chi connectivity index (χ1) is 13.1. The molecule has 6 heteroatoms. The highest BCUT2D eigenvalue weighted by molar-refractivity contribution is 6.15. The summed E-state index contributed by atoms with van der Waals surface area (Å²) in [6.45, 7) is 5.50. The average Bonchev–Trinajstić information content (AvgIpc) is 3.30. The molecule has 0 spiro atoms. The van der Waals surface area contributed by atoms with Crippen LogP contribution >= 0.6 is 0 Å². The average molecular weight is 358 g/mol. The fourth-order valence-corrected chi connectivity index (χ4v) is 3.97. The maximum Gasteiger partial charge on any atom is 0.335 e. The van der Waals surface area contributed by atoms with E-state index in [4.69, 9.17) is 0 Å². The number of fused-ring (bicyclic) bond motifs is 3. The summed E-state index contributed by atoms with van der Waals surface area (Å²) < 4.78 is 0. The van der Waals surface area contributed by atoms with Gasteiger partial charge in [-0.3, -0.25) is 0 Å². The number of anilines is 3. The maximum absolute atomic E-state index is 11.3. The third-order valence-corrected chi connectivity index (χ3v) is 5.39. The topological polar surface area (TPSA) is 78.3 Å². The molecule has 6 nitrogen and oxygen atoms in total. The Bertz CT molecular complexity index is 1120. The fraction of sp³-hybridized carbons (Fsp3) is 0.190. The number of benzene rings is 2. The van der Waals surface area contributed by atoms with Crippen molar-refractivity contribution in [2.45, 2.75) is 12.8 Å². The molecule has 2 aliphatic rings. The van der Waals surface area contributed by atoms with Crippen LogP contribution in [0.3, 0.4) is 0 Å². The Kier molecular flexibility index (Phi) is 3.40. The van der Waals surface area contributed by atoms with Gasteiger partial charge in [0.1, 0.15) is 12.1 Å². The molecular formula is C21H18N4O2. The van der Waals surface area contributed by atoms with Gasteiger partial charge in [-0.15, -0.1) is 0 Å². The van der Waals surface area contributed by atoms with Crippen molar-refractivity contribution in [3.8, 4) is 0 Å². The number of rotatable bonds is 3. The molecule has 0 unspecified atom stereocenters. The third kappa shape index (κ3) is 2.44. The minimum absolute atomic E-state index is 0.0671. The first kappa shape index (κ1) is 15.8. The second-order valence-electron chi connectivity index (χ2n) is 6.93. The molecule has 0 saturated heterocycles. The summed E-state index contributed by atoms with van der Waals surface area (Å²) in [5, 5.41) is 13.5. The molecule has 0 radical (unpaired) electrons. The highest BCUT2D eigenvalue weighted by atomic mass is 16.4. The monoisotopic (exact) mass is 358 g/mol. The summed E-state index contributed by atoms with van der Waals surface area (Å²) in [6, 6.07) is 9.90. The van der Waals surface area contributed by atoms with Crippen molar-refractivity contribution in [2.24, 2.45) is 0 Å². The number of carboxylic acid groups (broad SMARTS) is 1. The second kappa shape index (κ2) is 5.81. The quantitative estimate of drug-likeness (QED) is 0.699. The number of carboxylic acids is 1. The highest BCUT2D eigenvalue weighted by Gasteiger charge is 2.26. The Hall–Kier alpha value is -3.41. The number of hydrogen-bond donors (Lipinski definition) is 2. The van der Waals surface area contributed by atoms with Gasteiger partial charge in [-0.1, -0.05) is 12.6 Å². The summed E-state index contributed by atoms with van der Waals surface area (Å²) >= 11 is 0. The van der Waals surface area contributed by atoms with Gasteiger partial charge in [0.2, 0.25) is 0 Å². The van der Waals surface area contributed by atoms with Crippen LogP contribution in [0, 0.1) is 0 Å². The predicted octanol–water partition coefficient (Wildman–Crippen LogP) is 3.39. The first-order valence-electron chi connectivity index (χ1n) is 8.96. The van der Waals surface area contributed by atoms with Crippen molar-refractivity contribution in [2.75, 3.05) is 23.3 Å². The lowest BCUT2D eigenvalue weighted by molar-refractivity contribution is -0.130. The van der Waals surface area contributed by atoms with Crippen molar-refractivity contribution < 1.29 is 9.90 Å². The Morgan fingerprint density at radius 3 is 2.89 bits per heavy atom. The summed E-state index contributed by atoms with van der Waals surface area (Å²) in [7, 11) is 0. The van der Waals surface area contributed by atoms with Crippen molar-refractivity contribution in [1.82, 2.24) is 9.97 Å². The van der Waals surface area contributed by atoms with E-state index in [0.717, 1.165) is 42.7 Å². The zero-order valence-corrected chi connectivity index (χ0v) is 14.7. The van der Waals surface area contributed by atoms with Crippen LogP contribution in [0.15, 0.2) is 43.2 Å². The number of nitrogens with zero attached hydrogens (tertiary/aromatic N) is 3. The van der Waals surface area contributed by atoms with Crippen LogP contribution in [-0.2, 0) is 17.6 Å². The smallest absolute Gasteiger partial charge is 0.335 e. The summed E-state index contributed by atoms with van der Waals surface area (Å²) in [6.07, 6.45) is 3.55. The minimum atomic E-state index is -1.03. The summed E-state index contributed by atoms with van der Waals surface area (Å²) in [4.78, 5) is 22.4. The van der Waals surface area contributed by atoms with Crippen LogP contribution in [0.25, 0.3) is 16.5 Å². The van der Waals surface area contributed by atoms with Gasteiger partial charge in [-0.25, -0.2) is 14.8 Å². The number of nitrogens with one attached hydrogen (secondary N) is 1. The third-order valence-electron chi connectivity index (χ3n) is 5.39. The van der Waals surface area contributed by atoms with E-state index in [1.807, 2.05) is 12.1 Å². The fourth-order valence-electron chi connectivity index (χ4n) is 3.97. The van der Waals surface area contributed by atoms with Crippen molar-refractivity contribution in [3.05, 3.63) is 59.9 Å². The van der Waals surface area contributed by atoms with Gasteiger partial charge in [0.15, 0.2) is 0 Å². The van der Waals surface area contributed by atoms with Crippen molar-refractivity contribution in [3.63, 3.8) is 0 Å². The Balaban J connectivity index is 1.65. The van der Waals surface area contributed by atoms with Crippen LogP contribution in [-0.4, -0.2) is 34.1 Å². The minimum Gasteiger partial charge on any atom is -0.478 e. The molecule has 2 N–H and O–H groups in total. The van der Waals surface area contributed by atoms with E-state index < -0.39 is 5.97 Å². The highest BCUT2D eigenvalue weighted by Crippen LogP contribution is 2.40. The van der Waals surface area contributed by atoms with Gasteiger partial charge in [0.25, 0.3) is 0 Å². The van der Waals surface area contributed by atoms with Gasteiger partial charge in [-0.05, 0) is 53.8 Å². The van der Waals surface area contributed by atoms with Crippen LogP contribution in [0.4, 0.5) is 17.2 Å². The van der Waals surface area contributed by atoms with Crippen LogP contribution < -0.4 is 10.2 Å². The van der Waals surface area contributed by atoms with E-state index in [2.05, 4.69) is 38.9 Å². The zero-order valence-electron chi connectivity index (χ0n) is 14.7. The van der Waals surface area contributed by atoms with E-state index in [1.165, 1.54) is 22.5 Å². The number of aliphatic carboxylic acids is 1. The summed E-state index contributed by atoms with van der Waals surface area (Å²) in [5.41, 5.74) is 6.49. The van der Waals surface area contributed by atoms with Gasteiger partial charge in [0.05, 0.1) is 11.1 Å². The van der Waals surface area contributed by atoms with Crippen molar-refractivity contribution >= 4 is 39.6 Å². The van der Waals surface area contributed by atoms with E-state index in [0.29, 0.717) is 5.56 Å². The molecule has 0 fully saturated rings. The van der Waals surface area contributed by atoms with Gasteiger partial charge >= 0.3 is 5.97 Å². The molecule has 2 aliphatic heterocycles. The molecule has 3 aromatic rings. The largest absolute Gasteiger partial charge is 0.478 e.